The highest BCUT2D eigenvalue weighted by molar-refractivity contribution is 6.05. The van der Waals surface area contributed by atoms with Gasteiger partial charge < -0.3 is 0 Å². The van der Waals surface area contributed by atoms with Gasteiger partial charge >= 0.3 is 0 Å². The van der Waals surface area contributed by atoms with Gasteiger partial charge in [-0.2, -0.15) is 10.2 Å². The number of hydrogen-bond donors (Lipinski definition) is 1. The summed E-state index contributed by atoms with van der Waals surface area (Å²) in [6.07, 6.45) is 2.62. The van der Waals surface area contributed by atoms with Crippen molar-refractivity contribution < 1.29 is 4.79 Å². The molecule has 6 nitrogen and oxygen atoms in total. The van der Waals surface area contributed by atoms with Crippen molar-refractivity contribution in [2.24, 2.45) is 11.0 Å². The number of nitrogens with one attached hydrogen (secondary N) is 1. The normalized spacial score (nSPS) is 12.0. The van der Waals surface area contributed by atoms with Crippen LogP contribution in [0.1, 0.15) is 57.4 Å². The van der Waals surface area contributed by atoms with E-state index in [0.717, 1.165) is 25.0 Å². The largest absolute Gasteiger partial charge is 0.292 e. The van der Waals surface area contributed by atoms with Crippen molar-refractivity contribution in [2.75, 3.05) is 0 Å². The van der Waals surface area contributed by atoms with E-state index < -0.39 is 5.91 Å². The first kappa shape index (κ1) is 18.8. The summed E-state index contributed by atoms with van der Waals surface area (Å²) >= 11 is 0. The van der Waals surface area contributed by atoms with Crippen molar-refractivity contribution in [3.05, 3.63) is 40.3 Å². The first-order valence-corrected chi connectivity index (χ1v) is 8.77. The summed E-state index contributed by atoms with van der Waals surface area (Å²) in [5.41, 5.74) is 3.49. The fraction of sp³-hybridized carbons (Fsp3) is 0.474. The molecule has 0 bridgehead atoms. The first-order chi connectivity index (χ1) is 11.9. The first-order valence-electron chi connectivity index (χ1n) is 8.77. The number of carbonyl (C=O) groups excluding carboxylic acids is 1. The third-order valence-electron chi connectivity index (χ3n) is 3.95. The van der Waals surface area contributed by atoms with Gasteiger partial charge in [0.15, 0.2) is 5.69 Å². The molecule has 1 aromatic carbocycles. The van der Waals surface area contributed by atoms with Gasteiger partial charge in [0, 0.05) is 17.6 Å². The maximum Gasteiger partial charge on any atom is 0.292 e. The zero-order valence-electron chi connectivity index (χ0n) is 15.4. The number of benzene rings is 1. The molecule has 2 rings (SSSR count). The van der Waals surface area contributed by atoms with Crippen LogP contribution in [0.5, 0.6) is 0 Å². The number of aromatic nitrogens is 2. The van der Waals surface area contributed by atoms with Gasteiger partial charge in [0.2, 0.25) is 0 Å². The van der Waals surface area contributed by atoms with E-state index in [9.17, 15) is 9.59 Å². The van der Waals surface area contributed by atoms with Crippen LogP contribution in [0.25, 0.3) is 10.8 Å². The quantitative estimate of drug-likeness (QED) is 0.619. The van der Waals surface area contributed by atoms with Crippen LogP contribution in [0.3, 0.4) is 0 Å². The van der Waals surface area contributed by atoms with Crippen molar-refractivity contribution in [3.8, 4) is 0 Å². The third-order valence-corrected chi connectivity index (χ3v) is 3.95. The lowest BCUT2D eigenvalue weighted by Gasteiger charge is -2.10. The van der Waals surface area contributed by atoms with Gasteiger partial charge in [-0.3, -0.25) is 9.59 Å². The summed E-state index contributed by atoms with van der Waals surface area (Å²) in [7, 11) is 0. The molecule has 1 N–H and O–H groups in total. The molecule has 1 aromatic heterocycles. The molecule has 0 radical (unpaired) electrons. The molecule has 134 valence electrons. The van der Waals surface area contributed by atoms with E-state index in [1.54, 1.807) is 24.3 Å². The summed E-state index contributed by atoms with van der Waals surface area (Å²) in [5.74, 6) is 0.189. The molecule has 0 saturated carbocycles. The summed E-state index contributed by atoms with van der Waals surface area (Å²) < 4.78 is 1.35. The minimum absolute atomic E-state index is 0.175. The van der Waals surface area contributed by atoms with Crippen LogP contribution >= 0.6 is 0 Å². The Bertz CT molecular complexity index is 837. The zero-order valence-corrected chi connectivity index (χ0v) is 15.4. The number of fused-ring (bicyclic) bond motifs is 1. The SMILES string of the molecule is CCCn1nc(C(=O)N/N=C(/C)CCC(C)C)c2ccccc2c1=O. The van der Waals surface area contributed by atoms with Crippen molar-refractivity contribution in [1.29, 1.82) is 0 Å². The topological polar surface area (TPSA) is 76.3 Å². The van der Waals surface area contributed by atoms with E-state index in [1.807, 2.05) is 13.8 Å². The molecule has 6 heteroatoms. The average Bonchev–Trinajstić information content (AvgIpc) is 2.60. The van der Waals surface area contributed by atoms with Gasteiger partial charge in [-0.1, -0.05) is 39.0 Å². The maximum atomic E-state index is 12.6. The van der Waals surface area contributed by atoms with Crippen LogP contribution in [-0.4, -0.2) is 21.4 Å². The predicted molar refractivity (Wildman–Crippen MR) is 101 cm³/mol. The highest BCUT2D eigenvalue weighted by atomic mass is 16.2. The number of nitrogens with zero attached hydrogens (tertiary/aromatic N) is 3. The molecule has 0 fully saturated rings. The second-order valence-corrected chi connectivity index (χ2v) is 6.64. The molecule has 0 aliphatic carbocycles. The average molecular weight is 342 g/mol. The molecule has 0 atom stereocenters. The molecular weight excluding hydrogens is 316 g/mol. The van der Waals surface area contributed by atoms with Crippen LogP contribution in [0, 0.1) is 5.92 Å². The summed E-state index contributed by atoms with van der Waals surface area (Å²) in [6.45, 7) is 8.63. The molecule has 0 saturated heterocycles. The maximum absolute atomic E-state index is 12.6. The summed E-state index contributed by atoms with van der Waals surface area (Å²) in [5, 5.41) is 9.48. The van der Waals surface area contributed by atoms with Gasteiger partial charge in [-0.25, -0.2) is 10.1 Å². The Kier molecular flexibility index (Phi) is 6.44. The Balaban J connectivity index is 2.33. The van der Waals surface area contributed by atoms with Crippen LogP contribution in [0.4, 0.5) is 0 Å². The minimum Gasteiger partial charge on any atom is -0.267 e. The highest BCUT2D eigenvalue weighted by Gasteiger charge is 2.16. The summed E-state index contributed by atoms with van der Waals surface area (Å²) in [4.78, 5) is 25.0. The Morgan fingerprint density at radius 1 is 1.28 bits per heavy atom. The molecule has 0 aliphatic rings. The van der Waals surface area contributed by atoms with Gasteiger partial charge in [-0.15, -0.1) is 0 Å². The van der Waals surface area contributed by atoms with E-state index in [1.165, 1.54) is 4.68 Å². The van der Waals surface area contributed by atoms with Crippen LogP contribution in [-0.2, 0) is 6.54 Å². The van der Waals surface area contributed by atoms with E-state index in [4.69, 9.17) is 0 Å². The van der Waals surface area contributed by atoms with E-state index in [0.29, 0.717) is 23.2 Å². The van der Waals surface area contributed by atoms with Crippen LogP contribution in [0.15, 0.2) is 34.2 Å². The van der Waals surface area contributed by atoms with Crippen molar-refractivity contribution in [2.45, 2.75) is 53.5 Å². The monoisotopic (exact) mass is 342 g/mol. The molecule has 0 unspecified atom stereocenters. The van der Waals surface area contributed by atoms with Crippen LogP contribution < -0.4 is 11.0 Å². The van der Waals surface area contributed by atoms with Crippen molar-refractivity contribution in [3.63, 3.8) is 0 Å². The molecule has 25 heavy (non-hydrogen) atoms. The second-order valence-electron chi connectivity index (χ2n) is 6.64. The lowest BCUT2D eigenvalue weighted by Crippen LogP contribution is -2.29. The molecular formula is C19H26N4O2. The number of hydrogen-bond acceptors (Lipinski definition) is 4. The number of amides is 1. The van der Waals surface area contributed by atoms with Gasteiger partial charge in [0.25, 0.3) is 11.5 Å². The lowest BCUT2D eigenvalue weighted by atomic mass is 10.1. The minimum atomic E-state index is -0.398. The molecule has 0 aliphatic heterocycles. The number of rotatable bonds is 7. The highest BCUT2D eigenvalue weighted by Crippen LogP contribution is 2.13. The van der Waals surface area contributed by atoms with E-state index in [2.05, 4.69) is 29.5 Å². The fourth-order valence-electron chi connectivity index (χ4n) is 2.52. The lowest BCUT2D eigenvalue weighted by molar-refractivity contribution is 0.0949. The number of hydrazone groups is 1. The van der Waals surface area contributed by atoms with Crippen LogP contribution in [0.2, 0.25) is 0 Å². The van der Waals surface area contributed by atoms with Gasteiger partial charge in [0.1, 0.15) is 0 Å². The zero-order chi connectivity index (χ0) is 18.4. The Labute approximate surface area is 147 Å². The predicted octanol–water partition coefficient (Wildman–Crippen LogP) is 3.35. The van der Waals surface area contributed by atoms with E-state index in [-0.39, 0.29) is 11.3 Å². The molecule has 1 heterocycles. The number of carbonyl (C=O) groups is 1. The Morgan fingerprint density at radius 2 is 1.96 bits per heavy atom. The Morgan fingerprint density at radius 3 is 2.60 bits per heavy atom. The van der Waals surface area contributed by atoms with Crippen molar-refractivity contribution >= 4 is 22.4 Å². The van der Waals surface area contributed by atoms with Gasteiger partial charge in [-0.05, 0) is 38.2 Å². The van der Waals surface area contributed by atoms with Crippen molar-refractivity contribution in [1.82, 2.24) is 15.2 Å². The number of aryl methyl sites for hydroxylation is 1. The fourth-order valence-corrected chi connectivity index (χ4v) is 2.52. The molecule has 2 aromatic rings. The third kappa shape index (κ3) is 4.75. The Hall–Kier alpha value is -2.50. The molecule has 1 amide bonds. The summed E-state index contributed by atoms with van der Waals surface area (Å²) in [6, 6.07) is 7.04. The van der Waals surface area contributed by atoms with Gasteiger partial charge in [0.05, 0.1) is 5.39 Å². The smallest absolute Gasteiger partial charge is 0.267 e. The standard InChI is InChI=1S/C19H26N4O2/c1-5-12-23-19(25)16-9-7-6-8-15(16)17(22-23)18(24)21-20-14(4)11-10-13(2)3/h6-9,13H,5,10-12H2,1-4H3,(H,21,24)/b20-14-. The second kappa shape index (κ2) is 8.55. The van der Waals surface area contributed by atoms with E-state index >= 15 is 0 Å². The molecule has 0 spiro atoms.